The maximum absolute atomic E-state index is 13.7. The number of nitrogens with one attached hydrogen (secondary N) is 1. The number of carbonyl (C=O) groups is 3. The van der Waals surface area contributed by atoms with Gasteiger partial charge in [-0.15, -0.1) is 0 Å². The zero-order valence-electron chi connectivity index (χ0n) is 23.8. The maximum atomic E-state index is 13.7. The van der Waals surface area contributed by atoms with E-state index in [1.54, 1.807) is 24.3 Å². The number of aliphatic carboxylic acids is 1. The summed E-state index contributed by atoms with van der Waals surface area (Å²) in [4.78, 5) is 47.1. The molecule has 1 aliphatic carbocycles. The van der Waals surface area contributed by atoms with Crippen molar-refractivity contribution in [1.82, 2.24) is 5.32 Å². The first-order chi connectivity index (χ1) is 20.9. The van der Waals surface area contributed by atoms with E-state index in [1.807, 2.05) is 24.3 Å². The van der Waals surface area contributed by atoms with Crippen LogP contribution in [0.5, 0.6) is 0 Å². The SMILES string of the molecule is O=C(O)CCNC(=O)c1ccc(CC(C(=O)[NH2+]c2cc([N+](=O)[O-])cc(C(F)(F)F)c2)c2ccc(C3CCCCC3)cc2)cc1. The van der Waals surface area contributed by atoms with Gasteiger partial charge in [0.05, 0.1) is 23.0 Å². The quantitative estimate of drug-likeness (QED) is 0.146. The molecule has 0 aliphatic heterocycles. The van der Waals surface area contributed by atoms with Gasteiger partial charge in [0.2, 0.25) is 0 Å². The second-order valence-electron chi connectivity index (χ2n) is 11.0. The number of hydrogen-bond acceptors (Lipinski definition) is 5. The number of carboxylic acid groups (broad SMARTS) is 1. The molecular weight excluding hydrogens is 579 g/mol. The Hall–Kier alpha value is -4.58. The lowest BCUT2D eigenvalue weighted by molar-refractivity contribution is -0.486. The van der Waals surface area contributed by atoms with E-state index in [0.717, 1.165) is 42.6 Å². The van der Waals surface area contributed by atoms with Crippen molar-refractivity contribution in [2.75, 3.05) is 6.54 Å². The summed E-state index contributed by atoms with van der Waals surface area (Å²) in [5.74, 6) is -2.42. The third-order valence-corrected chi connectivity index (χ3v) is 7.83. The number of nitrogens with zero attached hydrogens (tertiary/aromatic N) is 1. The molecule has 1 fully saturated rings. The predicted molar refractivity (Wildman–Crippen MR) is 154 cm³/mol. The molecule has 9 nitrogen and oxygen atoms in total. The van der Waals surface area contributed by atoms with Crippen molar-refractivity contribution in [3.8, 4) is 0 Å². The summed E-state index contributed by atoms with van der Waals surface area (Å²) >= 11 is 0. The van der Waals surface area contributed by atoms with E-state index < -0.39 is 46.1 Å². The van der Waals surface area contributed by atoms with Crippen LogP contribution in [0.15, 0.2) is 66.7 Å². The molecule has 0 aromatic heterocycles. The molecule has 3 aromatic rings. The summed E-state index contributed by atoms with van der Waals surface area (Å²) in [7, 11) is 0. The Morgan fingerprint density at radius 2 is 1.64 bits per heavy atom. The Labute approximate surface area is 251 Å². The highest BCUT2D eigenvalue weighted by molar-refractivity contribution is 5.94. The minimum absolute atomic E-state index is 0.0348. The van der Waals surface area contributed by atoms with Gasteiger partial charge < -0.3 is 10.4 Å². The van der Waals surface area contributed by atoms with E-state index in [9.17, 15) is 37.7 Å². The van der Waals surface area contributed by atoms with Gasteiger partial charge in [-0.1, -0.05) is 55.7 Å². The average molecular weight is 613 g/mol. The van der Waals surface area contributed by atoms with Crippen molar-refractivity contribution >= 4 is 29.2 Å². The fourth-order valence-corrected chi connectivity index (χ4v) is 5.48. The van der Waals surface area contributed by atoms with Crippen LogP contribution in [0.2, 0.25) is 0 Å². The van der Waals surface area contributed by atoms with Crippen LogP contribution < -0.4 is 10.6 Å². The molecule has 0 saturated heterocycles. The second kappa shape index (κ2) is 14.3. The molecule has 0 radical (unpaired) electrons. The number of benzene rings is 3. The topological polar surface area (TPSA) is 143 Å². The largest absolute Gasteiger partial charge is 0.481 e. The molecule has 1 unspecified atom stereocenters. The standard InChI is InChI=1S/C32H32F3N3O6/c33-32(34,35)25-17-26(19-27(18-25)38(43)44)37-31(42)28(23-12-10-22(11-13-23)21-4-2-1-3-5-21)16-20-6-8-24(9-7-20)30(41)36-15-14-29(39)40/h6-13,17-19,21,28H,1-5,14-16H2,(H,36,41)(H,37,42)(H,39,40)/p+1. The Bertz CT molecular complexity index is 1500. The number of amides is 2. The number of non-ortho nitro benzene ring substituents is 1. The first-order valence-corrected chi connectivity index (χ1v) is 14.3. The zero-order valence-corrected chi connectivity index (χ0v) is 23.8. The monoisotopic (exact) mass is 612 g/mol. The van der Waals surface area contributed by atoms with Gasteiger partial charge in [-0.05, 0) is 54.0 Å². The summed E-state index contributed by atoms with van der Waals surface area (Å²) in [6.45, 7) is -0.0348. The Kier molecular flexibility index (Phi) is 10.5. The molecule has 4 rings (SSSR count). The minimum atomic E-state index is -4.84. The summed E-state index contributed by atoms with van der Waals surface area (Å²) in [6.07, 6.45) is 0.766. The lowest BCUT2D eigenvalue weighted by Gasteiger charge is -2.22. The number of nitro groups is 1. The fraction of sp³-hybridized carbons (Fsp3) is 0.344. The number of quaternary nitrogens is 1. The molecule has 44 heavy (non-hydrogen) atoms. The van der Waals surface area contributed by atoms with Crippen molar-refractivity contribution in [2.24, 2.45) is 0 Å². The molecule has 12 heteroatoms. The fourth-order valence-electron chi connectivity index (χ4n) is 5.48. The normalized spacial score (nSPS) is 14.5. The van der Waals surface area contributed by atoms with Gasteiger partial charge in [0.25, 0.3) is 11.6 Å². The highest BCUT2D eigenvalue weighted by atomic mass is 19.4. The van der Waals surface area contributed by atoms with E-state index >= 15 is 0 Å². The van der Waals surface area contributed by atoms with Gasteiger partial charge in [-0.2, -0.15) is 13.2 Å². The van der Waals surface area contributed by atoms with Gasteiger partial charge in [-0.3, -0.25) is 25.0 Å². The van der Waals surface area contributed by atoms with E-state index in [4.69, 9.17) is 5.11 Å². The third-order valence-electron chi connectivity index (χ3n) is 7.83. The minimum Gasteiger partial charge on any atom is -0.481 e. The number of hydrogen-bond donors (Lipinski definition) is 3. The van der Waals surface area contributed by atoms with E-state index in [1.165, 1.54) is 6.42 Å². The molecule has 1 atom stereocenters. The van der Waals surface area contributed by atoms with Crippen LogP contribution >= 0.6 is 0 Å². The summed E-state index contributed by atoms with van der Waals surface area (Å²) in [5.41, 5.74) is 0.541. The molecule has 1 saturated carbocycles. The van der Waals surface area contributed by atoms with Crippen LogP contribution in [0.3, 0.4) is 0 Å². The summed E-state index contributed by atoms with van der Waals surface area (Å²) < 4.78 is 40.4. The number of nitro benzene ring substituents is 1. The summed E-state index contributed by atoms with van der Waals surface area (Å²) in [6, 6.07) is 16.1. The van der Waals surface area contributed by atoms with Crippen LogP contribution in [-0.2, 0) is 22.2 Å². The Morgan fingerprint density at radius 1 is 0.977 bits per heavy atom. The van der Waals surface area contributed by atoms with Crippen molar-refractivity contribution in [3.05, 3.63) is 105 Å². The van der Waals surface area contributed by atoms with E-state index in [2.05, 4.69) is 5.32 Å². The highest BCUT2D eigenvalue weighted by Crippen LogP contribution is 2.35. The van der Waals surface area contributed by atoms with Crippen molar-refractivity contribution < 1.29 is 42.9 Å². The van der Waals surface area contributed by atoms with Crippen molar-refractivity contribution in [1.29, 1.82) is 0 Å². The smallest absolute Gasteiger partial charge is 0.416 e. The molecule has 0 bridgehead atoms. The van der Waals surface area contributed by atoms with Crippen molar-refractivity contribution in [3.63, 3.8) is 0 Å². The Morgan fingerprint density at radius 3 is 2.23 bits per heavy atom. The number of primary amides is 1. The molecule has 0 heterocycles. The van der Waals surface area contributed by atoms with Crippen LogP contribution in [-0.4, -0.2) is 34.4 Å². The lowest BCUT2D eigenvalue weighted by Crippen LogP contribution is -2.83. The number of nitrogens with two attached hydrogens (primary N) is 1. The van der Waals surface area contributed by atoms with Crippen molar-refractivity contribution in [2.45, 2.75) is 63.0 Å². The number of alkyl halides is 3. The molecule has 2 amide bonds. The van der Waals surface area contributed by atoms with E-state index in [0.29, 0.717) is 34.7 Å². The van der Waals surface area contributed by atoms with Gasteiger partial charge in [-0.25, -0.2) is 4.79 Å². The molecular formula is C32H33F3N3O6+. The molecule has 4 N–H and O–H groups in total. The van der Waals surface area contributed by atoms with Crippen LogP contribution in [0, 0.1) is 10.1 Å². The molecule has 0 spiro atoms. The van der Waals surface area contributed by atoms with Crippen LogP contribution in [0.4, 0.5) is 24.5 Å². The maximum Gasteiger partial charge on any atom is 0.416 e. The number of carboxylic acids is 1. The summed E-state index contributed by atoms with van der Waals surface area (Å²) in [5, 5.41) is 23.6. The van der Waals surface area contributed by atoms with Gasteiger partial charge in [0.15, 0.2) is 0 Å². The molecule has 3 aromatic carbocycles. The van der Waals surface area contributed by atoms with Gasteiger partial charge >= 0.3 is 18.1 Å². The highest BCUT2D eigenvalue weighted by Gasteiger charge is 2.34. The van der Waals surface area contributed by atoms with E-state index in [-0.39, 0.29) is 25.1 Å². The Balaban J connectivity index is 1.60. The average Bonchev–Trinajstić information content (AvgIpc) is 3.00. The third kappa shape index (κ3) is 8.73. The van der Waals surface area contributed by atoms with Crippen LogP contribution in [0.25, 0.3) is 0 Å². The zero-order chi connectivity index (χ0) is 31.9. The second-order valence-corrected chi connectivity index (χ2v) is 11.0. The number of carbonyl (C=O) groups excluding carboxylic acids is 2. The predicted octanol–water partition coefficient (Wildman–Crippen LogP) is 5.61. The lowest BCUT2D eigenvalue weighted by atomic mass is 9.83. The molecule has 1 aliphatic rings. The van der Waals surface area contributed by atoms with Gasteiger partial charge in [0.1, 0.15) is 11.6 Å². The van der Waals surface area contributed by atoms with Gasteiger partial charge in [0, 0.05) is 24.2 Å². The number of halogens is 3. The first kappa shape index (κ1) is 32.3. The number of rotatable bonds is 11. The van der Waals surface area contributed by atoms with Crippen LogP contribution in [0.1, 0.15) is 83.0 Å². The first-order valence-electron chi connectivity index (χ1n) is 14.3. The molecule has 232 valence electrons.